The van der Waals surface area contributed by atoms with E-state index in [1.54, 1.807) is 24.3 Å². The van der Waals surface area contributed by atoms with Crippen LogP contribution in [0.4, 0.5) is 5.69 Å². The number of amides is 1. The van der Waals surface area contributed by atoms with E-state index in [0.717, 1.165) is 0 Å². The second-order valence-electron chi connectivity index (χ2n) is 3.21. The molecular formula is C10H10N3O3+. The molecule has 0 saturated heterocycles. The molecule has 2 rings (SSSR count). The number of aromatic nitrogens is 2. The van der Waals surface area contributed by atoms with E-state index in [1.165, 1.54) is 11.7 Å². The Morgan fingerprint density at radius 2 is 2.06 bits per heavy atom. The highest BCUT2D eigenvalue weighted by atomic mass is 16.5. The average Bonchev–Trinajstić information content (AvgIpc) is 2.60. The van der Waals surface area contributed by atoms with Crippen LogP contribution >= 0.6 is 0 Å². The zero-order valence-electron chi connectivity index (χ0n) is 8.56. The van der Waals surface area contributed by atoms with Gasteiger partial charge in [-0.05, 0) is 17.4 Å². The van der Waals surface area contributed by atoms with Crippen molar-refractivity contribution in [2.45, 2.75) is 0 Å². The Morgan fingerprint density at radius 3 is 2.62 bits per heavy atom. The van der Waals surface area contributed by atoms with Gasteiger partial charge in [-0.1, -0.05) is 22.9 Å². The van der Waals surface area contributed by atoms with E-state index in [0.29, 0.717) is 5.69 Å². The molecule has 0 saturated carbocycles. The normalized spacial score (nSPS) is 10.1. The van der Waals surface area contributed by atoms with E-state index in [2.05, 4.69) is 15.1 Å². The number of benzene rings is 1. The van der Waals surface area contributed by atoms with E-state index in [9.17, 15) is 9.59 Å². The molecule has 1 aromatic carbocycles. The summed E-state index contributed by atoms with van der Waals surface area (Å²) in [7, 11) is 1.52. The molecule has 2 N–H and O–H groups in total. The fourth-order valence-electron chi connectivity index (χ4n) is 1.30. The number of aromatic amines is 1. The van der Waals surface area contributed by atoms with Crippen LogP contribution in [0.1, 0.15) is 10.5 Å². The Hall–Kier alpha value is -2.37. The summed E-state index contributed by atoms with van der Waals surface area (Å²) in [5.41, 5.74) is -0.159. The van der Waals surface area contributed by atoms with Crippen molar-refractivity contribution in [3.8, 4) is 0 Å². The molecule has 16 heavy (non-hydrogen) atoms. The summed E-state index contributed by atoms with van der Waals surface area (Å²) in [6, 6.07) is 8.86. The van der Waals surface area contributed by atoms with Crippen molar-refractivity contribution in [1.29, 1.82) is 0 Å². The second-order valence-corrected chi connectivity index (χ2v) is 3.21. The van der Waals surface area contributed by atoms with Gasteiger partial charge in [0.2, 0.25) is 0 Å². The number of hydrogen-bond acceptors (Lipinski definition) is 3. The lowest BCUT2D eigenvalue weighted by Gasteiger charge is -1.99. The van der Waals surface area contributed by atoms with Crippen LogP contribution in [0.15, 0.2) is 39.6 Å². The Kier molecular flexibility index (Phi) is 2.55. The monoisotopic (exact) mass is 220 g/mol. The van der Waals surface area contributed by atoms with Gasteiger partial charge < -0.3 is 5.32 Å². The number of carbonyl (C=O) groups is 1. The molecule has 82 valence electrons. The molecule has 2 aromatic rings. The predicted molar refractivity (Wildman–Crippen MR) is 54.9 cm³/mol. The molecule has 0 unspecified atom stereocenters. The van der Waals surface area contributed by atoms with Crippen LogP contribution in [-0.2, 0) is 7.05 Å². The molecule has 0 aliphatic carbocycles. The number of carbonyl (C=O) groups excluding carboxylic acids is 1. The smallest absolute Gasteiger partial charge is 0.316 e. The highest BCUT2D eigenvalue weighted by molar-refractivity contribution is 6.01. The van der Waals surface area contributed by atoms with Crippen LogP contribution in [0.2, 0.25) is 0 Å². The SMILES string of the molecule is C[n+]1[nH]oc(=O)c1C(=O)Nc1ccccc1. The molecule has 0 aliphatic heterocycles. The number of nitrogens with zero attached hydrogens (tertiary/aromatic N) is 1. The predicted octanol–water partition coefficient (Wildman–Crippen LogP) is 0.0447. The fraction of sp³-hybridized carbons (Fsp3) is 0.100. The summed E-state index contributed by atoms with van der Waals surface area (Å²) in [6.45, 7) is 0. The molecular weight excluding hydrogens is 210 g/mol. The zero-order chi connectivity index (χ0) is 11.5. The standard InChI is InChI=1S/C10H9N3O3/c1-13-8(10(15)16-12-13)9(14)11-7-5-3-2-4-6-7/h2-6H,1H3,(H-,11,12,14,15)/p+1. The molecule has 6 nitrogen and oxygen atoms in total. The summed E-state index contributed by atoms with van der Waals surface area (Å²) in [5, 5.41) is 4.86. The summed E-state index contributed by atoms with van der Waals surface area (Å²) < 4.78 is 5.70. The number of H-pyrrole nitrogens is 1. The first kappa shape index (κ1) is 10.2. The maximum absolute atomic E-state index is 11.7. The van der Waals surface area contributed by atoms with Gasteiger partial charge in [0.15, 0.2) is 7.05 Å². The molecule has 0 bridgehead atoms. The fourth-order valence-corrected chi connectivity index (χ4v) is 1.30. The van der Waals surface area contributed by atoms with Crippen molar-refractivity contribution in [2.75, 3.05) is 5.32 Å². The van der Waals surface area contributed by atoms with Crippen molar-refractivity contribution in [3.63, 3.8) is 0 Å². The molecule has 0 spiro atoms. The number of hydrogen-bond donors (Lipinski definition) is 2. The molecule has 0 aliphatic rings. The Balaban J connectivity index is 2.25. The first-order valence-electron chi connectivity index (χ1n) is 4.62. The first-order valence-corrected chi connectivity index (χ1v) is 4.62. The van der Waals surface area contributed by atoms with Crippen LogP contribution in [0.3, 0.4) is 0 Å². The van der Waals surface area contributed by atoms with Gasteiger partial charge >= 0.3 is 17.2 Å². The van der Waals surface area contributed by atoms with Crippen LogP contribution in [-0.4, -0.2) is 11.2 Å². The topological polar surface area (TPSA) is 79.0 Å². The number of rotatable bonds is 2. The van der Waals surface area contributed by atoms with Gasteiger partial charge in [0.25, 0.3) is 0 Å². The van der Waals surface area contributed by atoms with Crippen molar-refractivity contribution >= 4 is 11.6 Å². The first-order chi connectivity index (χ1) is 7.68. The van der Waals surface area contributed by atoms with Gasteiger partial charge in [0, 0.05) is 5.69 Å². The van der Waals surface area contributed by atoms with Gasteiger partial charge in [0.05, 0.1) is 0 Å². The van der Waals surface area contributed by atoms with E-state index in [4.69, 9.17) is 0 Å². The summed E-state index contributed by atoms with van der Waals surface area (Å²) in [4.78, 5) is 22.9. The number of aryl methyl sites for hydroxylation is 1. The van der Waals surface area contributed by atoms with E-state index >= 15 is 0 Å². The van der Waals surface area contributed by atoms with E-state index in [1.807, 2.05) is 6.07 Å². The number of nitrogens with one attached hydrogen (secondary N) is 2. The maximum atomic E-state index is 11.7. The van der Waals surface area contributed by atoms with Crippen molar-refractivity contribution in [2.24, 2.45) is 7.05 Å². The molecule has 6 heteroatoms. The molecule has 1 heterocycles. The highest BCUT2D eigenvalue weighted by Crippen LogP contribution is 2.05. The zero-order valence-corrected chi connectivity index (χ0v) is 8.56. The molecule has 0 radical (unpaired) electrons. The number of para-hydroxylation sites is 1. The quantitative estimate of drug-likeness (QED) is 0.701. The molecule has 1 amide bonds. The Morgan fingerprint density at radius 1 is 1.38 bits per heavy atom. The minimum absolute atomic E-state index is 0.0798. The van der Waals surface area contributed by atoms with Gasteiger partial charge in [-0.2, -0.15) is 0 Å². The third kappa shape index (κ3) is 1.85. The third-order valence-corrected chi connectivity index (χ3v) is 2.05. The van der Waals surface area contributed by atoms with Gasteiger partial charge in [-0.15, -0.1) is 0 Å². The third-order valence-electron chi connectivity index (χ3n) is 2.05. The lowest BCUT2D eigenvalue weighted by atomic mass is 10.3. The van der Waals surface area contributed by atoms with Crippen LogP contribution in [0, 0.1) is 0 Å². The van der Waals surface area contributed by atoms with E-state index < -0.39 is 11.5 Å². The van der Waals surface area contributed by atoms with Gasteiger partial charge in [0.1, 0.15) is 0 Å². The molecule has 0 fully saturated rings. The maximum Gasteiger partial charge on any atom is 0.440 e. The largest absolute Gasteiger partial charge is 0.440 e. The minimum atomic E-state index is -0.698. The summed E-state index contributed by atoms with van der Waals surface area (Å²) in [6.07, 6.45) is 0. The van der Waals surface area contributed by atoms with Crippen LogP contribution < -0.4 is 15.6 Å². The molecule has 1 aromatic heterocycles. The van der Waals surface area contributed by atoms with Crippen LogP contribution in [0.5, 0.6) is 0 Å². The summed E-state index contributed by atoms with van der Waals surface area (Å²) in [5.74, 6) is -0.510. The second kappa shape index (κ2) is 4.01. The number of anilines is 1. The Bertz CT molecular complexity index is 556. The Labute approximate surface area is 90.5 Å². The van der Waals surface area contributed by atoms with E-state index in [-0.39, 0.29) is 5.69 Å². The summed E-state index contributed by atoms with van der Waals surface area (Å²) >= 11 is 0. The average molecular weight is 220 g/mol. The van der Waals surface area contributed by atoms with Crippen molar-refractivity contribution < 1.29 is 14.0 Å². The molecule has 0 atom stereocenters. The van der Waals surface area contributed by atoms with Crippen molar-refractivity contribution in [1.82, 2.24) is 5.27 Å². The minimum Gasteiger partial charge on any atom is -0.316 e. The lowest BCUT2D eigenvalue weighted by molar-refractivity contribution is -0.741. The lowest BCUT2D eigenvalue weighted by Crippen LogP contribution is -2.41. The van der Waals surface area contributed by atoms with Gasteiger partial charge in [-0.25, -0.2) is 4.79 Å². The van der Waals surface area contributed by atoms with Crippen LogP contribution in [0.25, 0.3) is 0 Å². The van der Waals surface area contributed by atoms with Gasteiger partial charge in [-0.3, -0.25) is 9.32 Å². The highest BCUT2D eigenvalue weighted by Gasteiger charge is 2.26. The van der Waals surface area contributed by atoms with Crippen molar-refractivity contribution in [3.05, 3.63) is 46.4 Å².